The van der Waals surface area contributed by atoms with Gasteiger partial charge in [-0.2, -0.15) is 0 Å². The molecule has 3 aromatic rings. The molecular weight excluding hydrogens is 312 g/mol. The zero-order valence-electron chi connectivity index (χ0n) is 13.9. The highest BCUT2D eigenvalue weighted by molar-refractivity contribution is 6.09. The molecule has 0 aliphatic carbocycles. The van der Waals surface area contributed by atoms with Crippen LogP contribution in [0, 0.1) is 0 Å². The molecule has 0 aliphatic rings. The van der Waals surface area contributed by atoms with Crippen molar-refractivity contribution in [1.29, 1.82) is 0 Å². The Balaban J connectivity index is 1.86. The molecule has 0 aromatic heterocycles. The number of hydrogen-bond donors (Lipinski definition) is 0. The highest BCUT2D eigenvalue weighted by Crippen LogP contribution is 2.30. The predicted octanol–water partition coefficient (Wildman–Crippen LogP) is 4.55. The van der Waals surface area contributed by atoms with E-state index < -0.39 is 0 Å². The summed E-state index contributed by atoms with van der Waals surface area (Å²) >= 11 is 0. The lowest BCUT2D eigenvalue weighted by molar-refractivity contribution is -0.118. The molecule has 124 valence electrons. The van der Waals surface area contributed by atoms with E-state index in [0.29, 0.717) is 16.9 Å². The van der Waals surface area contributed by atoms with Crippen molar-refractivity contribution in [3.8, 4) is 16.9 Å². The Morgan fingerprint density at radius 3 is 2.04 bits per heavy atom. The molecule has 0 bridgehead atoms. The number of benzene rings is 3. The molecule has 0 fully saturated rings. The molecule has 0 radical (unpaired) electrons. The van der Waals surface area contributed by atoms with Gasteiger partial charge in [-0.1, -0.05) is 72.8 Å². The number of ketones is 2. The van der Waals surface area contributed by atoms with E-state index in [2.05, 4.69) is 0 Å². The topological polar surface area (TPSA) is 43.4 Å². The van der Waals surface area contributed by atoms with Gasteiger partial charge in [0.1, 0.15) is 12.4 Å². The molecule has 0 saturated carbocycles. The maximum Gasteiger partial charge on any atom is 0.193 e. The number of rotatable bonds is 6. The highest BCUT2D eigenvalue weighted by atomic mass is 16.5. The first kappa shape index (κ1) is 16.7. The van der Waals surface area contributed by atoms with E-state index in [0.717, 1.165) is 11.1 Å². The quantitative estimate of drug-likeness (QED) is 0.623. The second kappa shape index (κ2) is 7.58. The van der Waals surface area contributed by atoms with Gasteiger partial charge in [0.25, 0.3) is 0 Å². The standard InChI is InChI=1S/C22H18O3/c1-16(23)15-25-21-10-6-5-9-20(21)17-11-13-19(14-12-17)22(24)18-7-3-2-4-8-18/h2-14H,15H2,1H3. The Labute approximate surface area is 146 Å². The van der Waals surface area contributed by atoms with Crippen LogP contribution in [-0.4, -0.2) is 18.2 Å². The normalized spacial score (nSPS) is 10.3. The summed E-state index contributed by atoms with van der Waals surface area (Å²) in [6.45, 7) is 1.54. The fourth-order valence-electron chi connectivity index (χ4n) is 2.57. The molecule has 0 atom stereocenters. The molecule has 0 amide bonds. The van der Waals surface area contributed by atoms with Crippen molar-refractivity contribution in [1.82, 2.24) is 0 Å². The first-order valence-corrected chi connectivity index (χ1v) is 8.06. The summed E-state index contributed by atoms with van der Waals surface area (Å²) in [5.74, 6) is 0.617. The van der Waals surface area contributed by atoms with Crippen LogP contribution < -0.4 is 4.74 Å². The van der Waals surface area contributed by atoms with Gasteiger partial charge in [0.15, 0.2) is 11.6 Å². The van der Waals surface area contributed by atoms with E-state index in [-0.39, 0.29) is 18.2 Å². The molecule has 3 heteroatoms. The molecule has 0 aliphatic heterocycles. The van der Waals surface area contributed by atoms with Crippen LogP contribution in [0.1, 0.15) is 22.8 Å². The summed E-state index contributed by atoms with van der Waals surface area (Å²) in [6.07, 6.45) is 0. The van der Waals surface area contributed by atoms with Crippen LogP contribution >= 0.6 is 0 Å². The lowest BCUT2D eigenvalue weighted by Crippen LogP contribution is -2.07. The molecule has 0 heterocycles. The molecule has 3 rings (SSSR count). The summed E-state index contributed by atoms with van der Waals surface area (Å²) in [4.78, 5) is 23.6. The van der Waals surface area contributed by atoms with Gasteiger partial charge < -0.3 is 4.74 Å². The van der Waals surface area contributed by atoms with Crippen LogP contribution in [0.25, 0.3) is 11.1 Å². The zero-order valence-corrected chi connectivity index (χ0v) is 13.9. The van der Waals surface area contributed by atoms with Gasteiger partial charge in [-0.3, -0.25) is 9.59 Å². The molecule has 0 N–H and O–H groups in total. The van der Waals surface area contributed by atoms with Crippen molar-refractivity contribution < 1.29 is 14.3 Å². The second-order valence-corrected chi connectivity index (χ2v) is 5.76. The highest BCUT2D eigenvalue weighted by Gasteiger charge is 2.10. The lowest BCUT2D eigenvalue weighted by atomic mass is 9.99. The van der Waals surface area contributed by atoms with E-state index in [1.54, 1.807) is 12.1 Å². The monoisotopic (exact) mass is 330 g/mol. The van der Waals surface area contributed by atoms with Gasteiger partial charge in [0.2, 0.25) is 0 Å². The summed E-state index contributed by atoms with van der Waals surface area (Å²) in [5.41, 5.74) is 3.13. The number of para-hydroxylation sites is 1. The third-order valence-corrected chi connectivity index (χ3v) is 3.81. The van der Waals surface area contributed by atoms with E-state index in [9.17, 15) is 9.59 Å². The third kappa shape index (κ3) is 4.01. The van der Waals surface area contributed by atoms with Crippen molar-refractivity contribution in [2.75, 3.05) is 6.61 Å². The third-order valence-electron chi connectivity index (χ3n) is 3.81. The minimum atomic E-state index is -0.0291. The van der Waals surface area contributed by atoms with Gasteiger partial charge in [-0.15, -0.1) is 0 Å². The molecule has 25 heavy (non-hydrogen) atoms. The molecular formula is C22H18O3. The Morgan fingerprint density at radius 2 is 1.36 bits per heavy atom. The average Bonchev–Trinajstić information content (AvgIpc) is 2.67. The van der Waals surface area contributed by atoms with Crippen molar-refractivity contribution in [2.24, 2.45) is 0 Å². The number of Topliss-reactive ketones (excluding diaryl/α,β-unsaturated/α-hetero) is 1. The molecule has 0 saturated heterocycles. The molecule has 0 spiro atoms. The summed E-state index contributed by atoms with van der Waals surface area (Å²) in [6, 6.07) is 24.2. The predicted molar refractivity (Wildman–Crippen MR) is 97.9 cm³/mol. The van der Waals surface area contributed by atoms with E-state index in [1.807, 2.05) is 66.7 Å². The summed E-state index contributed by atoms with van der Waals surface area (Å²) in [5, 5.41) is 0. The van der Waals surface area contributed by atoms with Crippen LogP contribution in [0.2, 0.25) is 0 Å². The number of hydrogen-bond acceptors (Lipinski definition) is 3. The van der Waals surface area contributed by atoms with E-state index in [1.165, 1.54) is 6.92 Å². The Morgan fingerprint density at radius 1 is 0.760 bits per heavy atom. The summed E-state index contributed by atoms with van der Waals surface area (Å²) < 4.78 is 5.58. The van der Waals surface area contributed by atoms with Crippen LogP contribution in [0.3, 0.4) is 0 Å². The number of carbonyl (C=O) groups is 2. The van der Waals surface area contributed by atoms with Crippen molar-refractivity contribution in [2.45, 2.75) is 6.92 Å². The fourth-order valence-corrected chi connectivity index (χ4v) is 2.57. The summed E-state index contributed by atoms with van der Waals surface area (Å²) in [7, 11) is 0. The Bertz CT molecular complexity index is 881. The maximum atomic E-state index is 12.5. The number of carbonyl (C=O) groups excluding carboxylic acids is 2. The SMILES string of the molecule is CC(=O)COc1ccccc1-c1ccc(C(=O)c2ccccc2)cc1. The van der Waals surface area contributed by atoms with Gasteiger partial charge in [0.05, 0.1) is 0 Å². The molecule has 3 nitrogen and oxygen atoms in total. The number of ether oxygens (including phenoxy) is 1. The van der Waals surface area contributed by atoms with Crippen LogP contribution in [0.5, 0.6) is 5.75 Å². The van der Waals surface area contributed by atoms with Crippen LogP contribution in [0.4, 0.5) is 0 Å². The van der Waals surface area contributed by atoms with E-state index in [4.69, 9.17) is 4.74 Å². The molecule has 3 aromatic carbocycles. The largest absolute Gasteiger partial charge is 0.485 e. The van der Waals surface area contributed by atoms with Crippen molar-refractivity contribution in [3.05, 3.63) is 90.0 Å². The lowest BCUT2D eigenvalue weighted by Gasteiger charge is -2.11. The fraction of sp³-hybridized carbons (Fsp3) is 0.0909. The van der Waals surface area contributed by atoms with Crippen LogP contribution in [0.15, 0.2) is 78.9 Å². The van der Waals surface area contributed by atoms with Gasteiger partial charge in [0, 0.05) is 16.7 Å². The van der Waals surface area contributed by atoms with Gasteiger partial charge in [-0.05, 0) is 18.6 Å². The first-order chi connectivity index (χ1) is 12.1. The van der Waals surface area contributed by atoms with Crippen LogP contribution in [-0.2, 0) is 4.79 Å². The van der Waals surface area contributed by atoms with E-state index >= 15 is 0 Å². The average molecular weight is 330 g/mol. The molecule has 0 unspecified atom stereocenters. The van der Waals surface area contributed by atoms with Gasteiger partial charge >= 0.3 is 0 Å². The minimum Gasteiger partial charge on any atom is -0.485 e. The zero-order chi connectivity index (χ0) is 17.6. The first-order valence-electron chi connectivity index (χ1n) is 8.06. The Hall–Kier alpha value is -3.20. The Kier molecular flexibility index (Phi) is 5.05. The van der Waals surface area contributed by atoms with Gasteiger partial charge in [-0.25, -0.2) is 0 Å². The van der Waals surface area contributed by atoms with Crippen molar-refractivity contribution in [3.63, 3.8) is 0 Å². The smallest absolute Gasteiger partial charge is 0.193 e. The van der Waals surface area contributed by atoms with Crippen molar-refractivity contribution >= 4 is 11.6 Å². The minimum absolute atomic E-state index is 0.00624. The second-order valence-electron chi connectivity index (χ2n) is 5.76. The maximum absolute atomic E-state index is 12.5.